The molecule has 94 valence electrons. The second-order valence-corrected chi connectivity index (χ2v) is 2.67. The van der Waals surface area contributed by atoms with Gasteiger partial charge >= 0.3 is 12.9 Å². The SMILES string of the molecule is COc1cc([N+]#N)cc(OC)c1.F[B-](F)(F)F. The predicted molar refractivity (Wildman–Crippen MR) is 54.5 cm³/mol. The molecule has 0 aliphatic carbocycles. The van der Waals surface area contributed by atoms with Gasteiger partial charge in [0.05, 0.1) is 26.4 Å². The van der Waals surface area contributed by atoms with E-state index in [0.29, 0.717) is 17.2 Å². The molecule has 0 saturated carbocycles. The molecular formula is C8H9BF4N2O2. The molecule has 0 saturated heterocycles. The summed E-state index contributed by atoms with van der Waals surface area (Å²) in [6, 6.07) is 4.90. The van der Waals surface area contributed by atoms with Crippen LogP contribution in [-0.2, 0) is 0 Å². The fraction of sp³-hybridized carbons (Fsp3) is 0.250. The fourth-order valence-electron chi connectivity index (χ4n) is 0.850. The average molecular weight is 252 g/mol. The molecule has 0 spiro atoms. The first-order valence-electron chi connectivity index (χ1n) is 4.25. The van der Waals surface area contributed by atoms with Crippen LogP contribution in [0.3, 0.4) is 0 Å². The number of ether oxygens (including phenoxy) is 2. The highest BCUT2D eigenvalue weighted by Crippen LogP contribution is 2.27. The van der Waals surface area contributed by atoms with Crippen molar-refractivity contribution in [3.05, 3.63) is 23.2 Å². The normalized spacial score (nSPS) is 9.71. The number of rotatable bonds is 2. The van der Waals surface area contributed by atoms with Crippen LogP contribution in [0.2, 0.25) is 0 Å². The first-order valence-corrected chi connectivity index (χ1v) is 4.25. The predicted octanol–water partition coefficient (Wildman–Crippen LogP) is 3.49. The summed E-state index contributed by atoms with van der Waals surface area (Å²) in [5.74, 6) is 1.20. The molecule has 0 amide bonds. The Morgan fingerprint density at radius 2 is 1.35 bits per heavy atom. The number of benzene rings is 1. The van der Waals surface area contributed by atoms with Gasteiger partial charge in [0.25, 0.3) is 0 Å². The maximum atomic E-state index is 9.75. The molecule has 1 aromatic rings. The maximum Gasteiger partial charge on any atom is 0.673 e. The molecular weight excluding hydrogens is 243 g/mol. The Morgan fingerprint density at radius 3 is 1.59 bits per heavy atom. The quantitative estimate of drug-likeness (QED) is 0.459. The lowest BCUT2D eigenvalue weighted by Crippen LogP contribution is -2.02. The van der Waals surface area contributed by atoms with Crippen LogP contribution in [-0.4, -0.2) is 21.5 Å². The third-order valence-electron chi connectivity index (χ3n) is 1.45. The third-order valence-corrected chi connectivity index (χ3v) is 1.45. The van der Waals surface area contributed by atoms with E-state index in [-0.39, 0.29) is 0 Å². The molecule has 0 aliphatic heterocycles. The smallest absolute Gasteiger partial charge is 0.496 e. The minimum atomic E-state index is -6.00. The number of nitrogens with zero attached hydrogens (tertiary/aromatic N) is 2. The van der Waals surface area contributed by atoms with E-state index in [1.54, 1.807) is 18.2 Å². The zero-order chi connectivity index (χ0) is 13.5. The molecule has 1 rings (SSSR count). The Hall–Kier alpha value is -1.98. The van der Waals surface area contributed by atoms with Crippen LogP contribution >= 0.6 is 0 Å². The van der Waals surface area contributed by atoms with Crippen LogP contribution in [0.25, 0.3) is 4.98 Å². The lowest BCUT2D eigenvalue weighted by molar-refractivity contribution is 0.368. The molecule has 0 radical (unpaired) electrons. The van der Waals surface area contributed by atoms with Crippen molar-refractivity contribution in [2.24, 2.45) is 0 Å². The van der Waals surface area contributed by atoms with Crippen LogP contribution in [0.5, 0.6) is 11.5 Å². The van der Waals surface area contributed by atoms with Crippen LogP contribution < -0.4 is 9.47 Å². The Morgan fingerprint density at radius 1 is 1.00 bits per heavy atom. The minimum Gasteiger partial charge on any atom is -0.496 e. The van der Waals surface area contributed by atoms with Crippen LogP contribution in [0.1, 0.15) is 0 Å². The van der Waals surface area contributed by atoms with E-state index < -0.39 is 7.25 Å². The summed E-state index contributed by atoms with van der Waals surface area (Å²) in [6.07, 6.45) is 0. The highest BCUT2D eigenvalue weighted by Gasteiger charge is 2.20. The molecule has 17 heavy (non-hydrogen) atoms. The van der Waals surface area contributed by atoms with Gasteiger partial charge in [0.15, 0.2) is 4.98 Å². The summed E-state index contributed by atoms with van der Waals surface area (Å²) in [5, 5.41) is 8.49. The van der Waals surface area contributed by atoms with E-state index in [9.17, 15) is 17.3 Å². The van der Waals surface area contributed by atoms with Crippen molar-refractivity contribution in [2.75, 3.05) is 14.2 Å². The zero-order valence-corrected chi connectivity index (χ0v) is 9.03. The minimum absolute atomic E-state index is 0.409. The molecule has 4 nitrogen and oxygen atoms in total. The Bertz CT molecular complexity index is 377. The average Bonchev–Trinajstić information content (AvgIpc) is 2.26. The van der Waals surface area contributed by atoms with E-state index in [1.165, 1.54) is 14.2 Å². The first kappa shape index (κ1) is 15.0. The van der Waals surface area contributed by atoms with Gasteiger partial charge < -0.3 is 26.7 Å². The van der Waals surface area contributed by atoms with E-state index in [1.807, 2.05) is 0 Å². The largest absolute Gasteiger partial charge is 0.673 e. The number of diazo groups is 1. The van der Waals surface area contributed by atoms with Gasteiger partial charge in [-0.15, -0.1) is 0 Å². The van der Waals surface area contributed by atoms with Crippen molar-refractivity contribution < 1.29 is 26.7 Å². The number of hydrogen-bond acceptors (Lipinski definition) is 3. The van der Waals surface area contributed by atoms with Gasteiger partial charge in [0, 0.05) is 6.07 Å². The molecule has 9 heteroatoms. The molecule has 0 N–H and O–H groups in total. The summed E-state index contributed by atoms with van der Waals surface area (Å²) in [4.78, 5) is 3.03. The second kappa shape index (κ2) is 6.57. The van der Waals surface area contributed by atoms with E-state index in [0.717, 1.165) is 0 Å². The molecule has 0 aliphatic rings. The molecule has 0 aromatic heterocycles. The van der Waals surface area contributed by atoms with Gasteiger partial charge in [-0.05, 0) is 0 Å². The van der Waals surface area contributed by atoms with Crippen molar-refractivity contribution in [2.45, 2.75) is 0 Å². The van der Waals surface area contributed by atoms with Crippen LogP contribution in [0.15, 0.2) is 18.2 Å². The van der Waals surface area contributed by atoms with Gasteiger partial charge in [0.2, 0.25) is 5.39 Å². The number of methoxy groups -OCH3 is 2. The lowest BCUT2D eigenvalue weighted by Gasteiger charge is -2.00. The molecule has 0 bridgehead atoms. The number of halogens is 4. The van der Waals surface area contributed by atoms with Gasteiger partial charge in [-0.3, -0.25) is 0 Å². The van der Waals surface area contributed by atoms with Crippen molar-refractivity contribution >= 4 is 12.9 Å². The van der Waals surface area contributed by atoms with Gasteiger partial charge in [-0.1, -0.05) is 0 Å². The highest BCUT2D eigenvalue weighted by atomic mass is 19.5. The van der Waals surface area contributed by atoms with E-state index in [4.69, 9.17) is 14.9 Å². The summed E-state index contributed by atoms with van der Waals surface area (Å²) in [7, 11) is -2.92. The van der Waals surface area contributed by atoms with Gasteiger partial charge in [-0.25, -0.2) is 0 Å². The molecule has 0 unspecified atom stereocenters. The number of hydrogen-bond donors (Lipinski definition) is 0. The maximum absolute atomic E-state index is 9.75. The first-order chi connectivity index (χ1) is 7.80. The van der Waals surface area contributed by atoms with Crippen molar-refractivity contribution in [1.82, 2.24) is 0 Å². The highest BCUT2D eigenvalue weighted by molar-refractivity contribution is 6.50. The second-order valence-electron chi connectivity index (χ2n) is 2.67. The Balaban J connectivity index is 0.000000437. The van der Waals surface area contributed by atoms with Crippen LogP contribution in [0, 0.1) is 5.39 Å². The third kappa shape index (κ3) is 7.90. The Labute approximate surface area is 94.9 Å². The van der Waals surface area contributed by atoms with Gasteiger partial charge in [-0.2, -0.15) is 0 Å². The molecule has 0 atom stereocenters. The monoisotopic (exact) mass is 252 g/mol. The molecule has 0 fully saturated rings. The van der Waals surface area contributed by atoms with Crippen molar-refractivity contribution in [3.8, 4) is 11.5 Å². The topological polar surface area (TPSA) is 46.6 Å². The van der Waals surface area contributed by atoms with Crippen molar-refractivity contribution in [3.63, 3.8) is 0 Å². The summed E-state index contributed by atoms with van der Waals surface area (Å²) in [6.45, 7) is 0. The summed E-state index contributed by atoms with van der Waals surface area (Å²) >= 11 is 0. The Kier molecular flexibility index (Phi) is 5.81. The van der Waals surface area contributed by atoms with Crippen molar-refractivity contribution in [1.29, 1.82) is 5.39 Å². The summed E-state index contributed by atoms with van der Waals surface area (Å²) in [5.41, 5.74) is 0.409. The fourth-order valence-corrected chi connectivity index (χ4v) is 0.850. The zero-order valence-electron chi connectivity index (χ0n) is 9.03. The van der Waals surface area contributed by atoms with Gasteiger partial charge in [0.1, 0.15) is 11.5 Å². The van der Waals surface area contributed by atoms with E-state index >= 15 is 0 Å². The molecule has 1 aromatic carbocycles. The standard InChI is InChI=1S/C8H9N2O2.BF4/c1-11-7-3-6(10-9)4-8(5-7)12-2;2-1(3,4)5/h3-5H,1-2H3;/q+1;-1. The lowest BCUT2D eigenvalue weighted by atomic mass is 10.3. The van der Waals surface area contributed by atoms with Crippen LogP contribution in [0.4, 0.5) is 23.0 Å². The molecule has 0 heterocycles. The summed E-state index contributed by atoms with van der Waals surface area (Å²) < 4.78 is 48.9. The van der Waals surface area contributed by atoms with E-state index in [2.05, 4.69) is 4.98 Å².